The van der Waals surface area contributed by atoms with E-state index in [1.54, 1.807) is 22.8 Å². The van der Waals surface area contributed by atoms with Gasteiger partial charge >= 0.3 is 0 Å². The van der Waals surface area contributed by atoms with E-state index in [0.717, 1.165) is 28.2 Å². The van der Waals surface area contributed by atoms with Crippen molar-refractivity contribution in [2.45, 2.75) is 18.7 Å². The van der Waals surface area contributed by atoms with Crippen LogP contribution < -0.4 is 4.90 Å². The van der Waals surface area contributed by atoms with Crippen molar-refractivity contribution in [2.24, 2.45) is 0 Å². The minimum atomic E-state index is -3.48. The molecule has 29 heavy (non-hydrogen) atoms. The summed E-state index contributed by atoms with van der Waals surface area (Å²) in [5.41, 5.74) is 3.97. The van der Waals surface area contributed by atoms with Crippen molar-refractivity contribution in [1.82, 2.24) is 14.3 Å². The summed E-state index contributed by atoms with van der Waals surface area (Å²) >= 11 is 0. The minimum absolute atomic E-state index is 0.363. The first-order valence-corrected chi connectivity index (χ1v) is 11.1. The van der Waals surface area contributed by atoms with Crippen molar-refractivity contribution < 1.29 is 8.42 Å². The molecule has 2 heterocycles. The lowest BCUT2D eigenvalue weighted by atomic mass is 10.1. The van der Waals surface area contributed by atoms with Gasteiger partial charge in [0, 0.05) is 37.8 Å². The highest BCUT2D eigenvalue weighted by atomic mass is 32.2. The molecule has 0 spiro atoms. The zero-order chi connectivity index (χ0) is 20.4. The molecule has 1 aliphatic heterocycles. The quantitative estimate of drug-likeness (QED) is 0.663. The molecule has 1 fully saturated rings. The fourth-order valence-corrected chi connectivity index (χ4v) is 4.98. The molecule has 3 aromatic rings. The van der Waals surface area contributed by atoms with Gasteiger partial charge in [-0.2, -0.15) is 4.31 Å². The maximum Gasteiger partial charge on any atom is 0.243 e. The Morgan fingerprint density at radius 2 is 1.55 bits per heavy atom. The maximum atomic E-state index is 13.0. The van der Waals surface area contributed by atoms with E-state index >= 15 is 0 Å². The lowest BCUT2D eigenvalue weighted by Gasteiger charge is -2.34. The molecule has 1 aliphatic rings. The highest BCUT2D eigenvalue weighted by Crippen LogP contribution is 2.24. The smallest absolute Gasteiger partial charge is 0.243 e. The Morgan fingerprint density at radius 1 is 0.828 bits per heavy atom. The standard InChI is InChI=1S/C22H24N4O2S/c1-17-8-9-20(14-18(17)2)29(27,28)26-12-10-25(11-13-26)22-15-21(23-16-24-22)19-6-4-3-5-7-19/h3-9,14-16H,10-13H2,1-2H3. The van der Waals surface area contributed by atoms with E-state index in [0.29, 0.717) is 31.1 Å². The van der Waals surface area contributed by atoms with Gasteiger partial charge in [0.25, 0.3) is 0 Å². The van der Waals surface area contributed by atoms with Gasteiger partial charge in [-0.15, -0.1) is 0 Å². The minimum Gasteiger partial charge on any atom is -0.354 e. The van der Waals surface area contributed by atoms with Crippen LogP contribution in [0.25, 0.3) is 11.3 Å². The van der Waals surface area contributed by atoms with Crippen LogP contribution in [-0.2, 0) is 10.0 Å². The van der Waals surface area contributed by atoms with Crippen molar-refractivity contribution in [2.75, 3.05) is 31.1 Å². The van der Waals surface area contributed by atoms with Gasteiger partial charge < -0.3 is 4.90 Å². The molecule has 0 radical (unpaired) electrons. The summed E-state index contributed by atoms with van der Waals surface area (Å²) in [6, 6.07) is 17.2. The molecule has 0 N–H and O–H groups in total. The molecule has 0 saturated carbocycles. The predicted octanol–water partition coefficient (Wildman–Crippen LogP) is 3.27. The van der Waals surface area contributed by atoms with Crippen molar-refractivity contribution in [1.29, 1.82) is 0 Å². The fraction of sp³-hybridized carbons (Fsp3) is 0.273. The van der Waals surface area contributed by atoms with Gasteiger partial charge in [0.15, 0.2) is 0 Å². The van der Waals surface area contributed by atoms with Crippen LogP contribution in [0.4, 0.5) is 5.82 Å². The number of sulfonamides is 1. The molecule has 0 atom stereocenters. The van der Waals surface area contributed by atoms with Crippen molar-refractivity contribution in [3.8, 4) is 11.3 Å². The third-order valence-electron chi connectivity index (χ3n) is 5.40. The summed E-state index contributed by atoms with van der Waals surface area (Å²) in [5.74, 6) is 0.821. The summed E-state index contributed by atoms with van der Waals surface area (Å²) in [5, 5.41) is 0. The van der Waals surface area contributed by atoms with Gasteiger partial charge in [-0.1, -0.05) is 36.4 Å². The third-order valence-corrected chi connectivity index (χ3v) is 7.30. The largest absolute Gasteiger partial charge is 0.354 e. The number of anilines is 1. The molecular weight excluding hydrogens is 384 g/mol. The Kier molecular flexibility index (Phi) is 5.34. The molecule has 0 bridgehead atoms. The van der Waals surface area contributed by atoms with E-state index in [1.807, 2.05) is 56.3 Å². The molecule has 1 saturated heterocycles. The van der Waals surface area contributed by atoms with Crippen LogP contribution in [0.2, 0.25) is 0 Å². The summed E-state index contributed by atoms with van der Waals surface area (Å²) in [6.45, 7) is 5.96. The Bertz CT molecular complexity index is 1110. The van der Waals surface area contributed by atoms with E-state index in [-0.39, 0.29) is 0 Å². The number of nitrogens with zero attached hydrogens (tertiary/aromatic N) is 4. The summed E-state index contributed by atoms with van der Waals surface area (Å²) in [4.78, 5) is 11.2. The van der Waals surface area contributed by atoms with Crippen molar-refractivity contribution in [3.63, 3.8) is 0 Å². The van der Waals surface area contributed by atoms with Gasteiger partial charge in [-0.3, -0.25) is 0 Å². The third kappa shape index (κ3) is 4.02. The first-order valence-electron chi connectivity index (χ1n) is 9.65. The van der Waals surface area contributed by atoms with Crippen molar-refractivity contribution in [3.05, 3.63) is 72.1 Å². The lowest BCUT2D eigenvalue weighted by molar-refractivity contribution is 0.383. The molecular formula is C22H24N4O2S. The highest BCUT2D eigenvalue weighted by molar-refractivity contribution is 7.89. The van der Waals surface area contributed by atoms with E-state index in [4.69, 9.17) is 0 Å². The Hall–Kier alpha value is -2.77. The number of aromatic nitrogens is 2. The van der Waals surface area contributed by atoms with Crippen molar-refractivity contribution >= 4 is 15.8 Å². The molecule has 4 rings (SSSR count). The number of aryl methyl sites for hydroxylation is 2. The van der Waals surface area contributed by atoms with Crippen LogP contribution in [0.1, 0.15) is 11.1 Å². The average Bonchev–Trinajstić information content (AvgIpc) is 2.76. The molecule has 150 valence electrons. The number of rotatable bonds is 4. The van der Waals surface area contributed by atoms with E-state index in [9.17, 15) is 8.42 Å². The molecule has 0 aliphatic carbocycles. The van der Waals surface area contributed by atoms with Gasteiger partial charge in [0.1, 0.15) is 12.1 Å². The predicted molar refractivity (Wildman–Crippen MR) is 114 cm³/mol. The molecule has 0 amide bonds. The lowest BCUT2D eigenvalue weighted by Crippen LogP contribution is -2.48. The van der Waals surface area contributed by atoms with Crippen LogP contribution in [-0.4, -0.2) is 48.9 Å². The summed E-state index contributed by atoms with van der Waals surface area (Å²) in [6.07, 6.45) is 1.57. The molecule has 7 heteroatoms. The van der Waals surface area contributed by atoms with Gasteiger partial charge in [-0.25, -0.2) is 18.4 Å². The fourth-order valence-electron chi connectivity index (χ4n) is 3.47. The zero-order valence-corrected chi connectivity index (χ0v) is 17.4. The topological polar surface area (TPSA) is 66.4 Å². The van der Waals surface area contributed by atoms with Crippen LogP contribution >= 0.6 is 0 Å². The number of hydrogen-bond acceptors (Lipinski definition) is 5. The SMILES string of the molecule is Cc1ccc(S(=O)(=O)N2CCN(c3cc(-c4ccccc4)ncn3)CC2)cc1C. The van der Waals surface area contributed by atoms with E-state index in [2.05, 4.69) is 14.9 Å². The molecule has 0 unspecified atom stereocenters. The molecule has 1 aromatic heterocycles. The Labute approximate surface area is 171 Å². The highest BCUT2D eigenvalue weighted by Gasteiger charge is 2.29. The monoisotopic (exact) mass is 408 g/mol. The summed E-state index contributed by atoms with van der Waals surface area (Å²) in [7, 11) is -3.48. The van der Waals surface area contributed by atoms with Crippen LogP contribution in [0.5, 0.6) is 0 Å². The van der Waals surface area contributed by atoms with Gasteiger partial charge in [-0.05, 0) is 37.1 Å². The van der Waals surface area contributed by atoms with Crippen LogP contribution in [0.3, 0.4) is 0 Å². The Morgan fingerprint density at radius 3 is 2.24 bits per heavy atom. The van der Waals surface area contributed by atoms with Gasteiger partial charge in [0.05, 0.1) is 10.6 Å². The number of piperazine rings is 1. The zero-order valence-electron chi connectivity index (χ0n) is 16.6. The molecule has 2 aromatic carbocycles. The first-order chi connectivity index (χ1) is 13.9. The summed E-state index contributed by atoms with van der Waals surface area (Å²) < 4.78 is 27.6. The Balaban J connectivity index is 1.49. The first kappa shape index (κ1) is 19.5. The second-order valence-corrected chi connectivity index (χ2v) is 9.20. The second kappa shape index (κ2) is 7.93. The van der Waals surface area contributed by atoms with E-state index < -0.39 is 10.0 Å². The number of benzene rings is 2. The number of hydrogen-bond donors (Lipinski definition) is 0. The average molecular weight is 409 g/mol. The van der Waals surface area contributed by atoms with Crippen LogP contribution in [0, 0.1) is 13.8 Å². The second-order valence-electron chi connectivity index (χ2n) is 7.26. The molecule has 6 nitrogen and oxygen atoms in total. The maximum absolute atomic E-state index is 13.0. The van der Waals surface area contributed by atoms with E-state index in [1.165, 1.54) is 0 Å². The normalized spacial score (nSPS) is 15.4. The van der Waals surface area contributed by atoms with Gasteiger partial charge in [0.2, 0.25) is 10.0 Å². The van der Waals surface area contributed by atoms with Crippen LogP contribution in [0.15, 0.2) is 65.8 Å².